The highest BCUT2D eigenvalue weighted by molar-refractivity contribution is 14.0. The second-order valence-corrected chi connectivity index (χ2v) is 6.32. The lowest BCUT2D eigenvalue weighted by molar-refractivity contribution is 0.139. The Labute approximate surface area is 180 Å². The van der Waals surface area contributed by atoms with Crippen LogP contribution in [-0.2, 0) is 6.54 Å². The molecule has 0 bridgehead atoms. The smallest absolute Gasteiger partial charge is 0.191 e. The summed E-state index contributed by atoms with van der Waals surface area (Å²) >= 11 is 0. The molecule has 1 aliphatic rings. The van der Waals surface area contributed by atoms with Crippen LogP contribution in [0.3, 0.4) is 0 Å². The van der Waals surface area contributed by atoms with Crippen molar-refractivity contribution in [2.24, 2.45) is 4.99 Å². The van der Waals surface area contributed by atoms with Crippen LogP contribution in [0, 0.1) is 0 Å². The second-order valence-electron chi connectivity index (χ2n) is 6.32. The highest BCUT2D eigenvalue weighted by Gasteiger charge is 2.14. The predicted octanol–water partition coefficient (Wildman–Crippen LogP) is 1.62. The molecule has 0 spiro atoms. The van der Waals surface area contributed by atoms with Gasteiger partial charge in [0.05, 0.1) is 14.2 Å². The van der Waals surface area contributed by atoms with Gasteiger partial charge in [-0.05, 0) is 24.2 Å². The Balaban J connectivity index is 0.00000364. The van der Waals surface area contributed by atoms with Gasteiger partial charge in [-0.3, -0.25) is 9.89 Å². The maximum Gasteiger partial charge on any atom is 0.191 e. The molecule has 0 amide bonds. The van der Waals surface area contributed by atoms with Crippen molar-refractivity contribution in [2.45, 2.75) is 13.5 Å². The minimum atomic E-state index is 0. The first-order valence-electron chi connectivity index (χ1n) is 9.30. The SMILES string of the molecule is CCN1CCN(CCNC(=NC)NCc2ccc(OC)c(OC)c2)CC1.I. The monoisotopic (exact) mass is 491 g/mol. The highest BCUT2D eigenvalue weighted by atomic mass is 127. The lowest BCUT2D eigenvalue weighted by Gasteiger charge is -2.34. The van der Waals surface area contributed by atoms with E-state index in [2.05, 4.69) is 32.3 Å². The summed E-state index contributed by atoms with van der Waals surface area (Å²) in [6.07, 6.45) is 0. The molecule has 0 saturated carbocycles. The van der Waals surface area contributed by atoms with Crippen molar-refractivity contribution in [3.63, 3.8) is 0 Å². The number of benzene rings is 1. The van der Waals surface area contributed by atoms with E-state index in [1.807, 2.05) is 18.2 Å². The number of piperazine rings is 1. The van der Waals surface area contributed by atoms with Crippen molar-refractivity contribution in [2.75, 3.05) is 67.1 Å². The second kappa shape index (κ2) is 13.0. The molecule has 27 heavy (non-hydrogen) atoms. The van der Waals surface area contributed by atoms with Gasteiger partial charge in [0.15, 0.2) is 17.5 Å². The quantitative estimate of drug-likeness (QED) is 0.328. The van der Waals surface area contributed by atoms with Gasteiger partial charge in [0.2, 0.25) is 0 Å². The molecular weight excluding hydrogens is 457 g/mol. The molecule has 1 aliphatic heterocycles. The van der Waals surface area contributed by atoms with Gasteiger partial charge in [-0.25, -0.2) is 0 Å². The fraction of sp³-hybridized carbons (Fsp3) is 0.632. The summed E-state index contributed by atoms with van der Waals surface area (Å²) in [6, 6.07) is 5.92. The number of rotatable bonds is 8. The van der Waals surface area contributed by atoms with Gasteiger partial charge in [-0.1, -0.05) is 13.0 Å². The summed E-state index contributed by atoms with van der Waals surface area (Å²) in [4.78, 5) is 9.29. The van der Waals surface area contributed by atoms with Gasteiger partial charge in [0.25, 0.3) is 0 Å². The molecule has 1 saturated heterocycles. The number of halogens is 1. The number of ether oxygens (including phenoxy) is 2. The van der Waals surface area contributed by atoms with Crippen molar-refractivity contribution in [3.8, 4) is 11.5 Å². The van der Waals surface area contributed by atoms with Crippen molar-refractivity contribution in [1.82, 2.24) is 20.4 Å². The third kappa shape index (κ3) is 7.71. The first kappa shape index (κ1) is 23.8. The summed E-state index contributed by atoms with van der Waals surface area (Å²) in [5.74, 6) is 2.29. The largest absolute Gasteiger partial charge is 0.493 e. The van der Waals surface area contributed by atoms with E-state index in [1.165, 1.54) is 13.1 Å². The molecule has 0 aliphatic carbocycles. The third-order valence-corrected chi connectivity index (χ3v) is 4.76. The average molecular weight is 491 g/mol. The summed E-state index contributed by atoms with van der Waals surface area (Å²) in [6.45, 7) is 10.6. The zero-order valence-corrected chi connectivity index (χ0v) is 19.3. The van der Waals surface area contributed by atoms with E-state index in [4.69, 9.17) is 9.47 Å². The first-order valence-corrected chi connectivity index (χ1v) is 9.30. The van der Waals surface area contributed by atoms with Crippen molar-refractivity contribution in [1.29, 1.82) is 0 Å². The topological polar surface area (TPSA) is 61.4 Å². The molecule has 154 valence electrons. The molecule has 1 heterocycles. The van der Waals surface area contributed by atoms with Crippen LogP contribution in [0.2, 0.25) is 0 Å². The van der Waals surface area contributed by atoms with E-state index in [-0.39, 0.29) is 24.0 Å². The zero-order valence-electron chi connectivity index (χ0n) is 17.0. The Morgan fingerprint density at radius 3 is 2.30 bits per heavy atom. The fourth-order valence-corrected chi connectivity index (χ4v) is 3.06. The standard InChI is InChI=1S/C19H33N5O2.HI/c1-5-23-10-12-24(13-11-23)9-8-21-19(20-2)22-15-16-6-7-17(25-3)18(14-16)26-4;/h6-7,14H,5,8-13,15H2,1-4H3,(H2,20,21,22);1H. The van der Waals surface area contributed by atoms with Crippen LogP contribution < -0.4 is 20.1 Å². The molecule has 1 aromatic rings. The highest BCUT2D eigenvalue weighted by Crippen LogP contribution is 2.27. The number of hydrogen-bond acceptors (Lipinski definition) is 5. The lowest BCUT2D eigenvalue weighted by atomic mass is 10.2. The molecule has 0 aromatic heterocycles. The number of nitrogens with zero attached hydrogens (tertiary/aromatic N) is 3. The van der Waals surface area contributed by atoms with E-state index in [0.717, 1.165) is 55.7 Å². The average Bonchev–Trinajstić information content (AvgIpc) is 2.70. The molecular formula is C19H34IN5O2. The van der Waals surface area contributed by atoms with Gasteiger partial charge < -0.3 is 25.0 Å². The van der Waals surface area contributed by atoms with Crippen LogP contribution in [-0.4, -0.2) is 82.8 Å². The van der Waals surface area contributed by atoms with E-state index >= 15 is 0 Å². The molecule has 8 heteroatoms. The number of hydrogen-bond donors (Lipinski definition) is 2. The summed E-state index contributed by atoms with van der Waals surface area (Å²) in [5.41, 5.74) is 1.11. The van der Waals surface area contributed by atoms with Crippen LogP contribution in [0.25, 0.3) is 0 Å². The Morgan fingerprint density at radius 2 is 1.70 bits per heavy atom. The minimum Gasteiger partial charge on any atom is -0.493 e. The third-order valence-electron chi connectivity index (χ3n) is 4.76. The van der Waals surface area contributed by atoms with E-state index in [1.54, 1.807) is 21.3 Å². The van der Waals surface area contributed by atoms with E-state index < -0.39 is 0 Å². The molecule has 2 N–H and O–H groups in total. The van der Waals surface area contributed by atoms with Gasteiger partial charge >= 0.3 is 0 Å². The van der Waals surface area contributed by atoms with Crippen LogP contribution in [0.1, 0.15) is 12.5 Å². The first-order chi connectivity index (χ1) is 12.7. The number of aliphatic imine (C=N–C) groups is 1. The maximum atomic E-state index is 5.35. The molecule has 7 nitrogen and oxygen atoms in total. The number of methoxy groups -OCH3 is 2. The molecule has 0 radical (unpaired) electrons. The Kier molecular flexibility index (Phi) is 11.5. The Bertz CT molecular complexity index is 577. The lowest BCUT2D eigenvalue weighted by Crippen LogP contribution is -2.49. The Morgan fingerprint density at radius 1 is 1.04 bits per heavy atom. The van der Waals surface area contributed by atoms with E-state index in [0.29, 0.717) is 6.54 Å². The van der Waals surface area contributed by atoms with Gasteiger partial charge in [0, 0.05) is 52.9 Å². The molecule has 0 atom stereocenters. The van der Waals surface area contributed by atoms with Crippen molar-refractivity contribution >= 4 is 29.9 Å². The summed E-state index contributed by atoms with van der Waals surface area (Å²) in [7, 11) is 5.09. The van der Waals surface area contributed by atoms with Crippen LogP contribution in [0.15, 0.2) is 23.2 Å². The van der Waals surface area contributed by atoms with E-state index in [9.17, 15) is 0 Å². The Hall–Kier alpha value is -1.26. The number of guanidine groups is 1. The van der Waals surface area contributed by atoms with Gasteiger partial charge in [0.1, 0.15) is 0 Å². The number of likely N-dealkylation sites (N-methyl/N-ethyl adjacent to an activating group) is 1. The summed E-state index contributed by atoms with van der Waals surface area (Å²) in [5, 5.41) is 6.74. The molecule has 1 fully saturated rings. The molecule has 1 aromatic carbocycles. The van der Waals surface area contributed by atoms with Crippen LogP contribution in [0.5, 0.6) is 11.5 Å². The maximum absolute atomic E-state index is 5.35. The van der Waals surface area contributed by atoms with Gasteiger partial charge in [-0.2, -0.15) is 0 Å². The van der Waals surface area contributed by atoms with Crippen LogP contribution in [0.4, 0.5) is 0 Å². The molecule has 2 rings (SSSR count). The van der Waals surface area contributed by atoms with Crippen molar-refractivity contribution < 1.29 is 9.47 Å². The van der Waals surface area contributed by atoms with Gasteiger partial charge in [-0.15, -0.1) is 24.0 Å². The fourth-order valence-electron chi connectivity index (χ4n) is 3.06. The number of nitrogens with one attached hydrogen (secondary N) is 2. The summed E-state index contributed by atoms with van der Waals surface area (Å²) < 4.78 is 10.6. The minimum absolute atomic E-state index is 0. The zero-order chi connectivity index (χ0) is 18.8. The normalized spacial score (nSPS) is 15.8. The van der Waals surface area contributed by atoms with Crippen molar-refractivity contribution in [3.05, 3.63) is 23.8 Å². The molecule has 0 unspecified atom stereocenters. The van der Waals surface area contributed by atoms with Crippen LogP contribution >= 0.6 is 24.0 Å². The predicted molar refractivity (Wildman–Crippen MR) is 122 cm³/mol.